The van der Waals surface area contributed by atoms with E-state index in [4.69, 9.17) is 14.2 Å². The van der Waals surface area contributed by atoms with E-state index >= 15 is 0 Å². The highest BCUT2D eigenvalue weighted by Gasteiger charge is 2.27. The number of ether oxygens (including phenoxy) is 3. The summed E-state index contributed by atoms with van der Waals surface area (Å²) in [4.78, 5) is 16.9. The normalized spacial score (nSPS) is 15.6. The van der Waals surface area contributed by atoms with Gasteiger partial charge >= 0.3 is 0 Å². The highest BCUT2D eigenvalue weighted by atomic mass is 16.5. The summed E-state index contributed by atoms with van der Waals surface area (Å²) in [7, 11) is 4.91. The monoisotopic (exact) mass is 370 g/mol. The van der Waals surface area contributed by atoms with Gasteiger partial charge in [0.2, 0.25) is 0 Å². The van der Waals surface area contributed by atoms with Gasteiger partial charge in [0.25, 0.3) is 5.91 Å². The van der Waals surface area contributed by atoms with Crippen LogP contribution in [0.5, 0.6) is 17.2 Å². The molecule has 1 heterocycles. The number of nitrogens with zero attached hydrogens (tertiary/aromatic N) is 2. The average molecular weight is 370 g/mol. The van der Waals surface area contributed by atoms with Crippen LogP contribution in [0.2, 0.25) is 0 Å². The molecule has 0 radical (unpaired) electrons. The van der Waals surface area contributed by atoms with E-state index in [1.165, 1.54) is 0 Å². The number of para-hydroxylation sites is 2. The molecule has 6 heteroatoms. The van der Waals surface area contributed by atoms with Crippen LogP contribution in [-0.4, -0.2) is 57.8 Å². The van der Waals surface area contributed by atoms with Crippen LogP contribution >= 0.6 is 0 Å². The Hall–Kier alpha value is -2.89. The number of likely N-dealkylation sites (N-methyl/N-ethyl adjacent to an activating group) is 2. The second-order valence-electron chi connectivity index (χ2n) is 6.50. The van der Waals surface area contributed by atoms with Gasteiger partial charge < -0.3 is 24.0 Å². The number of anilines is 1. The van der Waals surface area contributed by atoms with Gasteiger partial charge in [0, 0.05) is 13.6 Å². The summed E-state index contributed by atoms with van der Waals surface area (Å²) in [6.45, 7) is 4.22. The van der Waals surface area contributed by atoms with E-state index < -0.39 is 0 Å². The number of amides is 1. The zero-order valence-corrected chi connectivity index (χ0v) is 16.3. The third-order valence-electron chi connectivity index (χ3n) is 4.77. The van der Waals surface area contributed by atoms with Gasteiger partial charge in [-0.05, 0) is 37.3 Å². The maximum atomic E-state index is 13.0. The van der Waals surface area contributed by atoms with E-state index in [0.29, 0.717) is 23.6 Å². The Morgan fingerprint density at radius 3 is 2.70 bits per heavy atom. The van der Waals surface area contributed by atoms with Crippen molar-refractivity contribution < 1.29 is 19.0 Å². The fourth-order valence-corrected chi connectivity index (χ4v) is 3.35. The highest BCUT2D eigenvalue weighted by Crippen LogP contribution is 2.33. The molecule has 0 N–H and O–H groups in total. The van der Waals surface area contributed by atoms with E-state index in [9.17, 15) is 4.79 Å². The van der Waals surface area contributed by atoms with Gasteiger partial charge in [0.05, 0.1) is 38.6 Å². The number of rotatable bonds is 6. The fourth-order valence-electron chi connectivity index (χ4n) is 3.35. The maximum Gasteiger partial charge on any atom is 0.257 e. The lowest BCUT2D eigenvalue weighted by molar-refractivity contribution is 0.0706. The second-order valence-corrected chi connectivity index (χ2v) is 6.50. The van der Waals surface area contributed by atoms with Crippen LogP contribution < -0.4 is 19.1 Å². The predicted octanol–water partition coefficient (Wildman–Crippen LogP) is 3.06. The molecular formula is C21H26N2O4. The topological polar surface area (TPSA) is 51.2 Å². The van der Waals surface area contributed by atoms with E-state index in [1.807, 2.05) is 18.2 Å². The molecule has 0 aliphatic carbocycles. The molecule has 0 aromatic heterocycles. The van der Waals surface area contributed by atoms with Crippen molar-refractivity contribution in [3.63, 3.8) is 0 Å². The Kier molecular flexibility index (Phi) is 5.74. The molecule has 1 aliphatic heterocycles. The number of carbonyl (C=O) groups excluding carboxylic acids is 1. The van der Waals surface area contributed by atoms with Crippen molar-refractivity contribution in [2.45, 2.75) is 13.0 Å². The van der Waals surface area contributed by atoms with Gasteiger partial charge in [-0.25, -0.2) is 0 Å². The van der Waals surface area contributed by atoms with Crippen LogP contribution in [-0.2, 0) is 0 Å². The minimum Gasteiger partial charge on any atom is -0.497 e. The van der Waals surface area contributed by atoms with Gasteiger partial charge in [0.1, 0.15) is 23.4 Å². The smallest absolute Gasteiger partial charge is 0.257 e. The molecule has 3 rings (SSSR count). The van der Waals surface area contributed by atoms with Crippen LogP contribution in [0.3, 0.4) is 0 Å². The van der Waals surface area contributed by atoms with Crippen LogP contribution in [0.4, 0.5) is 5.69 Å². The molecule has 0 bridgehead atoms. The molecular weight excluding hydrogens is 344 g/mol. The molecule has 0 saturated heterocycles. The SMILES string of the molecule is CCN1C[C@H](CN(C)C(=O)c2cc(OC)ccc2OC)Oc2ccccc21. The number of methoxy groups -OCH3 is 2. The first kappa shape index (κ1) is 18.9. The minimum absolute atomic E-state index is 0.106. The second kappa shape index (κ2) is 8.20. The first-order valence-corrected chi connectivity index (χ1v) is 9.05. The van der Waals surface area contributed by atoms with Gasteiger partial charge in [-0.1, -0.05) is 12.1 Å². The third kappa shape index (κ3) is 3.94. The summed E-state index contributed by atoms with van der Waals surface area (Å²) in [5.41, 5.74) is 1.57. The summed E-state index contributed by atoms with van der Waals surface area (Å²) in [6.07, 6.45) is -0.106. The Morgan fingerprint density at radius 1 is 1.22 bits per heavy atom. The standard InChI is InChI=1S/C21H26N2O4/c1-5-23-14-16(27-20-9-7-6-8-18(20)23)13-22(2)21(24)17-12-15(25-3)10-11-19(17)26-4/h6-12,16H,5,13-14H2,1-4H3/t16-/m0/s1. The number of fused-ring (bicyclic) bond motifs is 1. The maximum absolute atomic E-state index is 13.0. The molecule has 27 heavy (non-hydrogen) atoms. The molecule has 6 nitrogen and oxygen atoms in total. The van der Waals surface area contributed by atoms with Crippen molar-refractivity contribution in [2.75, 3.05) is 45.8 Å². The Bertz CT molecular complexity index is 809. The van der Waals surface area contributed by atoms with Gasteiger partial charge in [-0.3, -0.25) is 4.79 Å². The molecule has 0 spiro atoms. The fraction of sp³-hybridized carbons (Fsp3) is 0.381. The van der Waals surface area contributed by atoms with Gasteiger partial charge in [-0.15, -0.1) is 0 Å². The molecule has 0 fully saturated rings. The summed E-state index contributed by atoms with van der Waals surface area (Å²) >= 11 is 0. The van der Waals surface area contributed by atoms with Crippen molar-refractivity contribution >= 4 is 11.6 Å². The average Bonchev–Trinajstić information content (AvgIpc) is 2.71. The molecule has 2 aromatic carbocycles. The molecule has 1 aliphatic rings. The highest BCUT2D eigenvalue weighted by molar-refractivity contribution is 5.97. The number of carbonyl (C=O) groups is 1. The number of hydrogen-bond acceptors (Lipinski definition) is 5. The van der Waals surface area contributed by atoms with Crippen LogP contribution in [0, 0.1) is 0 Å². The van der Waals surface area contributed by atoms with E-state index in [2.05, 4.69) is 17.9 Å². The van der Waals surface area contributed by atoms with Crippen LogP contribution in [0.1, 0.15) is 17.3 Å². The van der Waals surface area contributed by atoms with Crippen molar-refractivity contribution in [1.82, 2.24) is 4.90 Å². The lowest BCUT2D eigenvalue weighted by atomic mass is 10.1. The number of hydrogen-bond donors (Lipinski definition) is 0. The lowest BCUT2D eigenvalue weighted by Gasteiger charge is -2.37. The molecule has 0 unspecified atom stereocenters. The van der Waals surface area contributed by atoms with Crippen molar-refractivity contribution in [3.8, 4) is 17.2 Å². The molecule has 2 aromatic rings. The Morgan fingerprint density at radius 2 is 2.00 bits per heavy atom. The van der Waals surface area contributed by atoms with Crippen LogP contribution in [0.15, 0.2) is 42.5 Å². The van der Waals surface area contributed by atoms with Crippen molar-refractivity contribution in [2.24, 2.45) is 0 Å². The molecule has 0 saturated carbocycles. The van der Waals surface area contributed by atoms with Gasteiger partial charge in [-0.2, -0.15) is 0 Å². The Balaban J connectivity index is 1.76. The summed E-state index contributed by atoms with van der Waals surface area (Å²) in [6, 6.07) is 13.2. The zero-order chi connectivity index (χ0) is 19.4. The van der Waals surface area contributed by atoms with E-state index in [-0.39, 0.29) is 12.0 Å². The van der Waals surface area contributed by atoms with Gasteiger partial charge in [0.15, 0.2) is 0 Å². The molecule has 1 atom stereocenters. The quantitative estimate of drug-likeness (QED) is 0.782. The summed E-state index contributed by atoms with van der Waals surface area (Å²) < 4.78 is 16.7. The summed E-state index contributed by atoms with van der Waals surface area (Å²) in [5.74, 6) is 1.87. The zero-order valence-electron chi connectivity index (χ0n) is 16.3. The first-order chi connectivity index (χ1) is 13.1. The minimum atomic E-state index is -0.128. The summed E-state index contributed by atoms with van der Waals surface area (Å²) in [5, 5.41) is 0. The largest absolute Gasteiger partial charge is 0.497 e. The molecule has 1 amide bonds. The van der Waals surface area contributed by atoms with Crippen LogP contribution in [0.25, 0.3) is 0 Å². The third-order valence-corrected chi connectivity index (χ3v) is 4.77. The van der Waals surface area contributed by atoms with E-state index in [1.54, 1.807) is 44.4 Å². The lowest BCUT2D eigenvalue weighted by Crippen LogP contribution is -2.46. The number of benzene rings is 2. The first-order valence-electron chi connectivity index (χ1n) is 9.05. The van der Waals surface area contributed by atoms with Crippen molar-refractivity contribution in [3.05, 3.63) is 48.0 Å². The van der Waals surface area contributed by atoms with Crippen molar-refractivity contribution in [1.29, 1.82) is 0 Å². The predicted molar refractivity (Wildman–Crippen MR) is 105 cm³/mol. The molecule has 144 valence electrons. The van der Waals surface area contributed by atoms with E-state index in [0.717, 1.165) is 24.5 Å². The Labute approximate surface area is 160 Å².